The van der Waals surface area contributed by atoms with Crippen molar-refractivity contribution in [2.75, 3.05) is 20.8 Å². The molecular weight excluding hydrogens is 400 g/mol. The van der Waals surface area contributed by atoms with Crippen LogP contribution < -0.4 is 14.8 Å². The summed E-state index contributed by atoms with van der Waals surface area (Å²) in [7, 11) is 2.82. The fourth-order valence-electron chi connectivity index (χ4n) is 3.34. The third-order valence-electron chi connectivity index (χ3n) is 4.93. The molecule has 0 radical (unpaired) electrons. The van der Waals surface area contributed by atoms with Crippen molar-refractivity contribution < 1.29 is 28.6 Å². The summed E-state index contributed by atoms with van der Waals surface area (Å²) < 4.78 is 15.9. The molecule has 8 nitrogen and oxygen atoms in total. The molecule has 0 bridgehead atoms. The molecule has 1 aromatic heterocycles. The molecule has 31 heavy (non-hydrogen) atoms. The van der Waals surface area contributed by atoms with Crippen LogP contribution in [0.5, 0.6) is 11.5 Å². The van der Waals surface area contributed by atoms with E-state index in [4.69, 9.17) is 14.2 Å². The molecular formula is C23H30N2O6. The summed E-state index contributed by atoms with van der Waals surface area (Å²) in [6.07, 6.45) is 0.784. The van der Waals surface area contributed by atoms with Gasteiger partial charge in [-0.15, -0.1) is 0 Å². The molecule has 0 fully saturated rings. The van der Waals surface area contributed by atoms with Crippen LogP contribution in [-0.2, 0) is 16.0 Å². The minimum Gasteiger partial charge on any atom is -0.493 e. The van der Waals surface area contributed by atoms with Gasteiger partial charge in [0.15, 0.2) is 17.3 Å². The van der Waals surface area contributed by atoms with Crippen molar-refractivity contribution in [1.29, 1.82) is 0 Å². The monoisotopic (exact) mass is 430 g/mol. The van der Waals surface area contributed by atoms with E-state index in [0.29, 0.717) is 35.1 Å². The predicted molar refractivity (Wildman–Crippen MR) is 116 cm³/mol. The zero-order chi connectivity index (χ0) is 23.1. The summed E-state index contributed by atoms with van der Waals surface area (Å²) in [4.78, 5) is 39.6. The quantitative estimate of drug-likeness (QED) is 0.441. The summed E-state index contributed by atoms with van der Waals surface area (Å²) in [6, 6.07) is 5.19. The van der Waals surface area contributed by atoms with Gasteiger partial charge in [0.2, 0.25) is 5.91 Å². The summed E-state index contributed by atoms with van der Waals surface area (Å²) in [6.45, 7) is 7.50. The number of rotatable bonds is 10. The number of aromatic amines is 1. The highest BCUT2D eigenvalue weighted by Gasteiger charge is 2.25. The molecule has 1 amide bonds. The first-order valence-corrected chi connectivity index (χ1v) is 10.1. The maximum absolute atomic E-state index is 12.7. The number of nitrogens with one attached hydrogen (secondary N) is 2. The first kappa shape index (κ1) is 24.0. The average molecular weight is 431 g/mol. The van der Waals surface area contributed by atoms with E-state index >= 15 is 0 Å². The van der Waals surface area contributed by atoms with E-state index in [-0.39, 0.29) is 29.7 Å². The number of carbonyl (C=O) groups excluding carboxylic acids is 3. The Morgan fingerprint density at radius 3 is 2.45 bits per heavy atom. The zero-order valence-electron chi connectivity index (χ0n) is 18.9. The van der Waals surface area contributed by atoms with E-state index < -0.39 is 5.97 Å². The molecule has 1 unspecified atom stereocenters. The van der Waals surface area contributed by atoms with Crippen molar-refractivity contribution in [2.24, 2.45) is 0 Å². The van der Waals surface area contributed by atoms with Crippen LogP contribution in [0.4, 0.5) is 0 Å². The number of Topliss-reactive ketones (excluding diaryl/α,β-unsaturated/α-hetero) is 1. The number of carbonyl (C=O) groups is 3. The minimum absolute atomic E-state index is 0.0995. The lowest BCUT2D eigenvalue weighted by Gasteiger charge is -2.17. The molecule has 2 aromatic rings. The molecule has 1 heterocycles. The third-order valence-corrected chi connectivity index (χ3v) is 4.93. The van der Waals surface area contributed by atoms with Crippen LogP contribution >= 0.6 is 0 Å². The van der Waals surface area contributed by atoms with Crippen LogP contribution in [-0.4, -0.2) is 43.5 Å². The highest BCUT2D eigenvalue weighted by Crippen LogP contribution is 2.30. The second-order valence-electron chi connectivity index (χ2n) is 7.25. The Labute approximate surface area is 182 Å². The van der Waals surface area contributed by atoms with Gasteiger partial charge in [0.25, 0.3) is 0 Å². The molecule has 1 aromatic carbocycles. The SMILES string of the molecule is CCCOc1ccc(C(C)NC(=O)Cc2[nH]c(C(C)=O)c(C)c2C(=O)OC)cc1OC. The number of amides is 1. The maximum atomic E-state index is 12.7. The number of aromatic nitrogens is 1. The van der Waals surface area contributed by atoms with E-state index in [1.54, 1.807) is 14.0 Å². The van der Waals surface area contributed by atoms with Crippen molar-refractivity contribution >= 4 is 17.7 Å². The first-order valence-electron chi connectivity index (χ1n) is 10.1. The second kappa shape index (κ2) is 10.7. The molecule has 0 aliphatic carbocycles. The standard InChI is InChI=1S/C23H30N2O6/c1-7-10-31-18-9-8-16(11-19(18)29-5)14(3)24-20(27)12-17-21(23(28)30-6)13(2)22(25-17)15(4)26/h8-9,11,14,25H,7,10,12H2,1-6H3,(H,24,27). The molecule has 0 spiro atoms. The molecule has 0 aliphatic heterocycles. The van der Waals surface area contributed by atoms with Crippen LogP contribution in [0, 0.1) is 6.92 Å². The topological polar surface area (TPSA) is 107 Å². The van der Waals surface area contributed by atoms with Gasteiger partial charge in [-0.2, -0.15) is 0 Å². The van der Waals surface area contributed by atoms with Crippen molar-refractivity contribution in [3.05, 3.63) is 46.3 Å². The highest BCUT2D eigenvalue weighted by molar-refractivity contribution is 6.01. The van der Waals surface area contributed by atoms with Gasteiger partial charge in [0.1, 0.15) is 0 Å². The average Bonchev–Trinajstić information content (AvgIpc) is 3.07. The number of esters is 1. The Morgan fingerprint density at radius 1 is 1.16 bits per heavy atom. The molecule has 8 heteroatoms. The lowest BCUT2D eigenvalue weighted by atomic mass is 10.1. The fourth-order valence-corrected chi connectivity index (χ4v) is 3.34. The van der Waals surface area contributed by atoms with Gasteiger partial charge >= 0.3 is 5.97 Å². The lowest BCUT2D eigenvalue weighted by molar-refractivity contribution is -0.121. The van der Waals surface area contributed by atoms with Crippen LogP contribution in [0.25, 0.3) is 0 Å². The van der Waals surface area contributed by atoms with E-state index in [2.05, 4.69) is 10.3 Å². The Kier molecular flexibility index (Phi) is 8.24. The number of hydrogen-bond donors (Lipinski definition) is 2. The summed E-state index contributed by atoms with van der Waals surface area (Å²) in [5.74, 6) is 0.114. The fraction of sp³-hybridized carbons (Fsp3) is 0.435. The van der Waals surface area contributed by atoms with Crippen molar-refractivity contribution in [3.8, 4) is 11.5 Å². The molecule has 2 rings (SSSR count). The van der Waals surface area contributed by atoms with Gasteiger partial charge in [-0.1, -0.05) is 13.0 Å². The normalized spacial score (nSPS) is 11.5. The van der Waals surface area contributed by atoms with Gasteiger partial charge in [-0.3, -0.25) is 9.59 Å². The lowest BCUT2D eigenvalue weighted by Crippen LogP contribution is -2.28. The first-order chi connectivity index (χ1) is 14.7. The Morgan fingerprint density at radius 2 is 1.87 bits per heavy atom. The molecule has 0 saturated heterocycles. The van der Waals surface area contributed by atoms with Crippen molar-refractivity contribution in [1.82, 2.24) is 10.3 Å². The molecule has 1 atom stereocenters. The van der Waals surface area contributed by atoms with Gasteiger partial charge in [0.05, 0.1) is 44.5 Å². The van der Waals surface area contributed by atoms with Crippen molar-refractivity contribution in [2.45, 2.75) is 46.6 Å². The smallest absolute Gasteiger partial charge is 0.339 e. The van der Waals surface area contributed by atoms with Crippen LogP contribution in [0.1, 0.15) is 70.9 Å². The van der Waals surface area contributed by atoms with E-state index in [1.165, 1.54) is 14.0 Å². The number of ether oxygens (including phenoxy) is 3. The Balaban J connectivity index is 2.18. The van der Waals surface area contributed by atoms with E-state index in [1.807, 2.05) is 32.0 Å². The molecule has 2 N–H and O–H groups in total. The summed E-state index contributed by atoms with van der Waals surface area (Å²) in [5, 5.41) is 2.91. The Bertz CT molecular complexity index is 963. The molecule has 0 saturated carbocycles. The van der Waals surface area contributed by atoms with Gasteiger partial charge < -0.3 is 24.5 Å². The number of H-pyrrole nitrogens is 1. The largest absolute Gasteiger partial charge is 0.493 e. The summed E-state index contributed by atoms with van der Waals surface area (Å²) in [5.41, 5.74) is 2.18. The number of methoxy groups -OCH3 is 2. The van der Waals surface area contributed by atoms with Crippen LogP contribution in [0.3, 0.4) is 0 Å². The van der Waals surface area contributed by atoms with Gasteiger partial charge in [-0.25, -0.2) is 4.79 Å². The number of hydrogen-bond acceptors (Lipinski definition) is 6. The van der Waals surface area contributed by atoms with Crippen molar-refractivity contribution in [3.63, 3.8) is 0 Å². The molecule has 0 aliphatic rings. The zero-order valence-corrected chi connectivity index (χ0v) is 18.9. The Hall–Kier alpha value is -3.29. The van der Waals surface area contributed by atoms with E-state index in [9.17, 15) is 14.4 Å². The maximum Gasteiger partial charge on any atom is 0.339 e. The minimum atomic E-state index is -0.593. The third kappa shape index (κ3) is 5.65. The summed E-state index contributed by atoms with van der Waals surface area (Å²) >= 11 is 0. The molecule has 168 valence electrons. The second-order valence-corrected chi connectivity index (χ2v) is 7.25. The van der Waals surface area contributed by atoms with Gasteiger partial charge in [-0.05, 0) is 43.5 Å². The predicted octanol–water partition coefficient (Wildman–Crippen LogP) is 3.53. The van der Waals surface area contributed by atoms with Crippen LogP contribution in [0.15, 0.2) is 18.2 Å². The van der Waals surface area contributed by atoms with E-state index in [0.717, 1.165) is 12.0 Å². The van der Waals surface area contributed by atoms with Crippen LogP contribution in [0.2, 0.25) is 0 Å². The highest BCUT2D eigenvalue weighted by atomic mass is 16.5. The van der Waals surface area contributed by atoms with Gasteiger partial charge in [0, 0.05) is 12.6 Å². The number of benzene rings is 1. The number of ketones is 1.